The van der Waals surface area contributed by atoms with Crippen molar-refractivity contribution in [2.24, 2.45) is 0 Å². The molecule has 0 bridgehead atoms. The standard InChI is InChI=1S/C7H7N5O3/c1-2-15-6(14)4-5(13)9-7-10-8-3-12(7)11-4/h3H,2H2,1H3,(H,9,10,13). The Morgan fingerprint density at radius 3 is 3.20 bits per heavy atom. The summed E-state index contributed by atoms with van der Waals surface area (Å²) >= 11 is 0. The lowest BCUT2D eigenvalue weighted by atomic mass is 10.5. The van der Waals surface area contributed by atoms with Gasteiger partial charge < -0.3 is 4.74 Å². The fraction of sp³-hybridized carbons (Fsp3) is 0.286. The summed E-state index contributed by atoms with van der Waals surface area (Å²) in [7, 11) is 0. The lowest BCUT2D eigenvalue weighted by Gasteiger charge is -1.98. The number of nitrogens with zero attached hydrogens (tertiary/aromatic N) is 4. The van der Waals surface area contributed by atoms with E-state index in [1.807, 2.05) is 0 Å². The minimum Gasteiger partial charge on any atom is -0.461 e. The minimum absolute atomic E-state index is 0.174. The molecule has 8 heteroatoms. The number of hydrogen-bond donors (Lipinski definition) is 1. The van der Waals surface area contributed by atoms with E-state index in [9.17, 15) is 9.59 Å². The summed E-state index contributed by atoms with van der Waals surface area (Å²) < 4.78 is 5.84. The van der Waals surface area contributed by atoms with E-state index in [0.29, 0.717) is 0 Å². The van der Waals surface area contributed by atoms with Crippen LogP contribution in [0.5, 0.6) is 0 Å². The fourth-order valence-corrected chi connectivity index (χ4v) is 1.02. The van der Waals surface area contributed by atoms with Gasteiger partial charge in [-0.2, -0.15) is 19.7 Å². The average molecular weight is 209 g/mol. The van der Waals surface area contributed by atoms with Gasteiger partial charge in [0.15, 0.2) is 0 Å². The molecule has 2 aromatic heterocycles. The number of ether oxygens (including phenoxy) is 1. The molecule has 0 saturated heterocycles. The molecule has 0 saturated carbocycles. The number of aromatic nitrogens is 5. The molecule has 0 aliphatic rings. The first-order valence-electron chi connectivity index (χ1n) is 4.19. The van der Waals surface area contributed by atoms with Crippen LogP contribution in [0.3, 0.4) is 0 Å². The van der Waals surface area contributed by atoms with Crippen LogP contribution in [0, 0.1) is 0 Å². The maximum atomic E-state index is 11.3. The molecule has 0 amide bonds. The van der Waals surface area contributed by atoms with Crippen molar-refractivity contribution in [3.05, 3.63) is 22.4 Å². The van der Waals surface area contributed by atoms with Crippen molar-refractivity contribution in [3.63, 3.8) is 0 Å². The number of H-pyrrole nitrogens is 1. The SMILES string of the molecule is CCOC(=O)c1nn2cn[nH]c2nc1=O. The van der Waals surface area contributed by atoms with Gasteiger partial charge in [0, 0.05) is 0 Å². The molecule has 8 nitrogen and oxygen atoms in total. The maximum Gasteiger partial charge on any atom is 0.364 e. The zero-order valence-corrected chi connectivity index (χ0v) is 7.80. The summed E-state index contributed by atoms with van der Waals surface area (Å²) in [5, 5.41) is 9.78. The van der Waals surface area contributed by atoms with Gasteiger partial charge in [0.2, 0.25) is 11.5 Å². The number of carbonyl (C=O) groups excluding carboxylic acids is 1. The summed E-state index contributed by atoms with van der Waals surface area (Å²) in [5.41, 5.74) is -1.09. The Morgan fingerprint density at radius 1 is 1.67 bits per heavy atom. The zero-order chi connectivity index (χ0) is 10.8. The van der Waals surface area contributed by atoms with E-state index in [2.05, 4.69) is 25.0 Å². The Bertz CT molecular complexity index is 557. The molecule has 0 unspecified atom stereocenters. The summed E-state index contributed by atoms with van der Waals surface area (Å²) in [6, 6.07) is 0. The van der Waals surface area contributed by atoms with Gasteiger partial charge in [0.1, 0.15) is 6.33 Å². The van der Waals surface area contributed by atoms with Gasteiger partial charge in [0.25, 0.3) is 0 Å². The lowest BCUT2D eigenvalue weighted by molar-refractivity contribution is 0.0515. The van der Waals surface area contributed by atoms with Crippen LogP contribution in [0.15, 0.2) is 11.1 Å². The fourth-order valence-electron chi connectivity index (χ4n) is 1.02. The molecule has 2 rings (SSSR count). The Labute approximate surface area is 82.9 Å². The quantitative estimate of drug-likeness (QED) is 0.635. The Balaban J connectivity index is 2.55. The van der Waals surface area contributed by atoms with Crippen LogP contribution in [-0.4, -0.2) is 37.4 Å². The molecule has 0 aliphatic carbocycles. The largest absolute Gasteiger partial charge is 0.461 e. The van der Waals surface area contributed by atoms with Gasteiger partial charge in [-0.05, 0) is 6.92 Å². The van der Waals surface area contributed by atoms with Crippen LogP contribution in [0.4, 0.5) is 0 Å². The highest BCUT2D eigenvalue weighted by Gasteiger charge is 2.16. The first-order valence-corrected chi connectivity index (χ1v) is 4.19. The molecule has 2 heterocycles. The summed E-state index contributed by atoms with van der Waals surface area (Å²) in [4.78, 5) is 26.1. The third-order valence-electron chi connectivity index (χ3n) is 1.64. The predicted molar refractivity (Wildman–Crippen MR) is 47.4 cm³/mol. The van der Waals surface area contributed by atoms with E-state index in [1.54, 1.807) is 6.92 Å². The van der Waals surface area contributed by atoms with E-state index in [-0.39, 0.29) is 18.1 Å². The molecule has 1 N–H and O–H groups in total. The van der Waals surface area contributed by atoms with Crippen LogP contribution in [-0.2, 0) is 4.74 Å². The van der Waals surface area contributed by atoms with Gasteiger partial charge >= 0.3 is 11.5 Å². The van der Waals surface area contributed by atoms with Crippen LogP contribution >= 0.6 is 0 Å². The molecular formula is C7H7N5O3. The zero-order valence-electron chi connectivity index (χ0n) is 7.80. The van der Waals surface area contributed by atoms with Gasteiger partial charge in [-0.1, -0.05) is 0 Å². The molecule has 0 atom stereocenters. The van der Waals surface area contributed by atoms with Crippen molar-refractivity contribution in [1.29, 1.82) is 0 Å². The number of esters is 1. The van der Waals surface area contributed by atoms with Crippen molar-refractivity contribution in [3.8, 4) is 0 Å². The second-order valence-electron chi connectivity index (χ2n) is 2.61. The molecule has 2 aromatic rings. The molecule has 78 valence electrons. The smallest absolute Gasteiger partial charge is 0.364 e. The van der Waals surface area contributed by atoms with Gasteiger partial charge in [-0.25, -0.2) is 9.89 Å². The molecule has 15 heavy (non-hydrogen) atoms. The first kappa shape index (κ1) is 9.31. The highest BCUT2D eigenvalue weighted by molar-refractivity contribution is 5.86. The minimum atomic E-state index is -0.786. The molecule has 0 radical (unpaired) electrons. The van der Waals surface area contributed by atoms with Gasteiger partial charge in [-0.3, -0.25) is 4.79 Å². The number of nitrogens with one attached hydrogen (secondary N) is 1. The number of hydrogen-bond acceptors (Lipinski definition) is 6. The predicted octanol–water partition coefficient (Wildman–Crippen LogP) is -1.01. The summed E-state index contributed by atoms with van der Waals surface area (Å²) in [6.07, 6.45) is 1.30. The topological polar surface area (TPSA) is 102 Å². The van der Waals surface area contributed by atoms with Crippen LogP contribution in [0.2, 0.25) is 0 Å². The summed E-state index contributed by atoms with van der Waals surface area (Å²) in [5.74, 6) is -0.612. The highest BCUT2D eigenvalue weighted by atomic mass is 16.5. The maximum absolute atomic E-state index is 11.3. The molecular weight excluding hydrogens is 202 g/mol. The van der Waals surface area contributed by atoms with Crippen LogP contribution < -0.4 is 5.56 Å². The van der Waals surface area contributed by atoms with E-state index in [4.69, 9.17) is 0 Å². The number of fused-ring (bicyclic) bond motifs is 1. The van der Waals surface area contributed by atoms with Crippen molar-refractivity contribution >= 4 is 11.7 Å². The average Bonchev–Trinajstić information content (AvgIpc) is 2.63. The summed E-state index contributed by atoms with van der Waals surface area (Å²) in [6.45, 7) is 1.81. The third-order valence-corrected chi connectivity index (χ3v) is 1.64. The normalized spacial score (nSPS) is 10.5. The van der Waals surface area contributed by atoms with Crippen molar-refractivity contribution < 1.29 is 9.53 Å². The van der Waals surface area contributed by atoms with E-state index in [1.165, 1.54) is 10.8 Å². The molecule has 0 spiro atoms. The Morgan fingerprint density at radius 2 is 2.47 bits per heavy atom. The van der Waals surface area contributed by atoms with Gasteiger partial charge in [0.05, 0.1) is 6.61 Å². The van der Waals surface area contributed by atoms with Gasteiger partial charge in [-0.15, -0.1) is 0 Å². The monoisotopic (exact) mass is 209 g/mol. The first-order chi connectivity index (χ1) is 7.22. The molecule has 0 fully saturated rings. The third kappa shape index (κ3) is 1.56. The number of rotatable bonds is 2. The van der Waals surface area contributed by atoms with Crippen LogP contribution in [0.1, 0.15) is 17.4 Å². The van der Waals surface area contributed by atoms with E-state index >= 15 is 0 Å². The molecule has 0 aromatic carbocycles. The van der Waals surface area contributed by atoms with Crippen molar-refractivity contribution in [2.45, 2.75) is 6.92 Å². The highest BCUT2D eigenvalue weighted by Crippen LogP contribution is 1.92. The lowest BCUT2D eigenvalue weighted by Crippen LogP contribution is -2.24. The van der Waals surface area contributed by atoms with Crippen LogP contribution in [0.25, 0.3) is 5.78 Å². The van der Waals surface area contributed by atoms with Crippen molar-refractivity contribution in [2.75, 3.05) is 6.61 Å². The van der Waals surface area contributed by atoms with Crippen molar-refractivity contribution in [1.82, 2.24) is 24.8 Å². The van der Waals surface area contributed by atoms with E-state index in [0.717, 1.165) is 0 Å². The second kappa shape index (κ2) is 3.48. The van der Waals surface area contributed by atoms with E-state index < -0.39 is 11.5 Å². The Kier molecular flexibility index (Phi) is 2.16. The molecule has 0 aliphatic heterocycles. The second-order valence-corrected chi connectivity index (χ2v) is 2.61. The number of aromatic amines is 1. The number of carbonyl (C=O) groups is 1. The Hall–Kier alpha value is -2.25.